The van der Waals surface area contributed by atoms with Gasteiger partial charge in [0.2, 0.25) is 0 Å². The second-order valence-corrected chi connectivity index (χ2v) is 5.34. The first-order valence-corrected chi connectivity index (χ1v) is 7.58. The molecule has 0 aliphatic heterocycles. The van der Waals surface area contributed by atoms with Crippen LogP contribution in [0.2, 0.25) is 10.0 Å². The van der Waals surface area contributed by atoms with Crippen molar-refractivity contribution in [2.45, 2.75) is 6.42 Å². The minimum Gasteiger partial charge on any atom is -0.494 e. The van der Waals surface area contributed by atoms with Gasteiger partial charge in [-0.1, -0.05) is 41.4 Å². The van der Waals surface area contributed by atoms with Crippen molar-refractivity contribution in [2.75, 3.05) is 18.5 Å². The van der Waals surface area contributed by atoms with Gasteiger partial charge in [-0.3, -0.25) is 0 Å². The van der Waals surface area contributed by atoms with Crippen molar-refractivity contribution in [2.24, 2.45) is 0 Å². The molecule has 0 bridgehead atoms. The van der Waals surface area contributed by atoms with E-state index in [0.29, 0.717) is 35.3 Å². The molecule has 0 aliphatic rings. The normalized spacial score (nSPS) is 10.1. The SMILES string of the molecule is O=C(NCCCOc1ccccc1)Nc1ccc(Cl)c(Cl)c1. The number of para-hydroxylation sites is 1. The van der Waals surface area contributed by atoms with Crippen molar-refractivity contribution in [3.05, 3.63) is 58.6 Å². The summed E-state index contributed by atoms with van der Waals surface area (Å²) >= 11 is 11.7. The van der Waals surface area contributed by atoms with Crippen LogP contribution in [0.1, 0.15) is 6.42 Å². The lowest BCUT2D eigenvalue weighted by Crippen LogP contribution is -2.30. The van der Waals surface area contributed by atoms with Gasteiger partial charge in [-0.2, -0.15) is 0 Å². The number of ether oxygens (including phenoxy) is 1. The number of carbonyl (C=O) groups is 1. The van der Waals surface area contributed by atoms with Gasteiger partial charge in [-0.15, -0.1) is 0 Å². The van der Waals surface area contributed by atoms with Crippen LogP contribution < -0.4 is 15.4 Å². The highest BCUT2D eigenvalue weighted by Crippen LogP contribution is 2.24. The molecule has 2 amide bonds. The summed E-state index contributed by atoms with van der Waals surface area (Å²) in [5.74, 6) is 0.822. The molecule has 0 fully saturated rings. The van der Waals surface area contributed by atoms with Gasteiger partial charge in [0.25, 0.3) is 0 Å². The quantitative estimate of drug-likeness (QED) is 0.757. The Bertz CT molecular complexity index is 621. The molecule has 0 atom stereocenters. The fourth-order valence-corrected chi connectivity index (χ4v) is 2.03. The van der Waals surface area contributed by atoms with Gasteiger partial charge >= 0.3 is 6.03 Å². The van der Waals surface area contributed by atoms with Gasteiger partial charge in [0, 0.05) is 12.2 Å². The maximum Gasteiger partial charge on any atom is 0.319 e. The van der Waals surface area contributed by atoms with Gasteiger partial charge in [0.1, 0.15) is 5.75 Å². The van der Waals surface area contributed by atoms with Gasteiger partial charge in [-0.05, 0) is 36.8 Å². The molecule has 4 nitrogen and oxygen atoms in total. The van der Waals surface area contributed by atoms with E-state index in [1.807, 2.05) is 30.3 Å². The molecule has 2 N–H and O–H groups in total. The predicted octanol–water partition coefficient (Wildman–Crippen LogP) is 4.58. The van der Waals surface area contributed by atoms with Crippen LogP contribution in [-0.4, -0.2) is 19.2 Å². The molecule has 0 saturated carbocycles. The number of rotatable bonds is 6. The van der Waals surface area contributed by atoms with Gasteiger partial charge < -0.3 is 15.4 Å². The first kappa shape index (κ1) is 16.5. The van der Waals surface area contributed by atoms with Crippen LogP contribution in [0.15, 0.2) is 48.5 Å². The highest BCUT2D eigenvalue weighted by atomic mass is 35.5. The summed E-state index contributed by atoms with van der Waals surface area (Å²) in [6.45, 7) is 1.05. The molecule has 116 valence electrons. The zero-order chi connectivity index (χ0) is 15.8. The summed E-state index contributed by atoms with van der Waals surface area (Å²) in [6.07, 6.45) is 0.712. The molecule has 0 radical (unpaired) electrons. The van der Waals surface area contributed by atoms with E-state index < -0.39 is 0 Å². The standard InChI is InChI=1S/C16H16Cl2N2O2/c17-14-8-7-12(11-15(14)18)20-16(21)19-9-4-10-22-13-5-2-1-3-6-13/h1-3,5-8,11H,4,9-10H2,(H2,19,20,21). The van der Waals surface area contributed by atoms with E-state index in [-0.39, 0.29) is 6.03 Å². The van der Waals surface area contributed by atoms with Crippen LogP contribution >= 0.6 is 23.2 Å². The van der Waals surface area contributed by atoms with Crippen LogP contribution in [0.25, 0.3) is 0 Å². The largest absolute Gasteiger partial charge is 0.494 e. The summed E-state index contributed by atoms with van der Waals surface area (Å²) in [7, 11) is 0. The number of hydrogen-bond donors (Lipinski definition) is 2. The molecular weight excluding hydrogens is 323 g/mol. The molecule has 0 heterocycles. The number of carbonyl (C=O) groups excluding carboxylic acids is 1. The van der Waals surface area contributed by atoms with Crippen molar-refractivity contribution in [1.29, 1.82) is 0 Å². The summed E-state index contributed by atoms with van der Waals surface area (Å²) in [5, 5.41) is 6.28. The minimum atomic E-state index is -0.293. The van der Waals surface area contributed by atoms with E-state index in [1.54, 1.807) is 18.2 Å². The van der Waals surface area contributed by atoms with Crippen molar-refractivity contribution >= 4 is 34.9 Å². The average molecular weight is 339 g/mol. The van der Waals surface area contributed by atoms with E-state index >= 15 is 0 Å². The lowest BCUT2D eigenvalue weighted by atomic mass is 10.3. The van der Waals surface area contributed by atoms with E-state index in [0.717, 1.165) is 5.75 Å². The van der Waals surface area contributed by atoms with Crippen LogP contribution in [-0.2, 0) is 0 Å². The molecule has 0 aromatic heterocycles. The molecule has 2 aromatic carbocycles. The third-order valence-corrected chi connectivity index (χ3v) is 3.54. The first-order chi connectivity index (χ1) is 10.6. The van der Waals surface area contributed by atoms with Crippen molar-refractivity contribution < 1.29 is 9.53 Å². The van der Waals surface area contributed by atoms with Gasteiger partial charge in [0.05, 0.1) is 16.7 Å². The van der Waals surface area contributed by atoms with Gasteiger partial charge in [-0.25, -0.2) is 4.79 Å². The monoisotopic (exact) mass is 338 g/mol. The highest BCUT2D eigenvalue weighted by molar-refractivity contribution is 6.42. The summed E-state index contributed by atoms with van der Waals surface area (Å²) in [4.78, 5) is 11.7. The van der Waals surface area contributed by atoms with E-state index in [2.05, 4.69) is 10.6 Å². The summed E-state index contributed by atoms with van der Waals surface area (Å²) in [6, 6.07) is 14.2. The van der Waals surface area contributed by atoms with Crippen LogP contribution in [0, 0.1) is 0 Å². The number of urea groups is 1. The topological polar surface area (TPSA) is 50.4 Å². The van der Waals surface area contributed by atoms with E-state index in [1.165, 1.54) is 0 Å². The highest BCUT2D eigenvalue weighted by Gasteiger charge is 2.03. The van der Waals surface area contributed by atoms with Gasteiger partial charge in [0.15, 0.2) is 0 Å². The zero-order valence-corrected chi connectivity index (χ0v) is 13.3. The fraction of sp³-hybridized carbons (Fsp3) is 0.188. The van der Waals surface area contributed by atoms with Crippen LogP contribution in [0.3, 0.4) is 0 Å². The number of amides is 2. The Morgan fingerprint density at radius 3 is 2.55 bits per heavy atom. The summed E-state index contributed by atoms with van der Waals surface area (Å²) in [5.41, 5.74) is 0.590. The molecule has 0 saturated heterocycles. The van der Waals surface area contributed by atoms with Crippen molar-refractivity contribution in [1.82, 2.24) is 5.32 Å². The molecule has 2 aromatic rings. The Kier molecular flexibility index (Phi) is 6.37. The second-order valence-electron chi connectivity index (χ2n) is 4.52. The molecule has 0 aliphatic carbocycles. The Morgan fingerprint density at radius 2 is 1.82 bits per heavy atom. The number of benzene rings is 2. The van der Waals surface area contributed by atoms with E-state index in [4.69, 9.17) is 27.9 Å². The molecular formula is C16H16Cl2N2O2. The number of anilines is 1. The Labute approximate surface area is 139 Å². The Balaban J connectivity index is 1.64. The van der Waals surface area contributed by atoms with Crippen LogP contribution in [0.4, 0.5) is 10.5 Å². The lowest BCUT2D eigenvalue weighted by Gasteiger charge is -2.09. The fourth-order valence-electron chi connectivity index (χ4n) is 1.73. The predicted molar refractivity (Wildman–Crippen MR) is 90.0 cm³/mol. The third-order valence-electron chi connectivity index (χ3n) is 2.80. The molecule has 6 heteroatoms. The smallest absolute Gasteiger partial charge is 0.319 e. The molecule has 0 spiro atoms. The maximum atomic E-state index is 11.7. The number of hydrogen-bond acceptors (Lipinski definition) is 2. The summed E-state index contributed by atoms with van der Waals surface area (Å²) < 4.78 is 5.53. The Morgan fingerprint density at radius 1 is 1.05 bits per heavy atom. The molecule has 22 heavy (non-hydrogen) atoms. The lowest BCUT2D eigenvalue weighted by molar-refractivity contribution is 0.250. The number of nitrogens with one attached hydrogen (secondary N) is 2. The maximum absolute atomic E-state index is 11.7. The average Bonchev–Trinajstić information content (AvgIpc) is 2.52. The minimum absolute atomic E-state index is 0.293. The Hall–Kier alpha value is -1.91. The second kappa shape index (κ2) is 8.51. The molecule has 2 rings (SSSR count). The first-order valence-electron chi connectivity index (χ1n) is 6.83. The third kappa shape index (κ3) is 5.47. The zero-order valence-electron chi connectivity index (χ0n) is 11.8. The molecule has 0 unspecified atom stereocenters. The number of halogens is 2. The van der Waals surface area contributed by atoms with Crippen molar-refractivity contribution in [3.63, 3.8) is 0 Å². The van der Waals surface area contributed by atoms with Crippen LogP contribution in [0.5, 0.6) is 5.75 Å². The van der Waals surface area contributed by atoms with Crippen molar-refractivity contribution in [3.8, 4) is 5.75 Å². The van der Waals surface area contributed by atoms with E-state index in [9.17, 15) is 4.79 Å².